The van der Waals surface area contributed by atoms with E-state index in [1.807, 2.05) is 35.8 Å². The van der Waals surface area contributed by atoms with Crippen LogP contribution in [0.25, 0.3) is 0 Å². The average Bonchev–Trinajstić information content (AvgIpc) is 2.60. The molecule has 0 spiro atoms. The molecule has 0 heterocycles. The van der Waals surface area contributed by atoms with Crippen LogP contribution in [0.15, 0.2) is 46.9 Å². The molecule has 0 aliphatic rings. The zero-order valence-corrected chi connectivity index (χ0v) is 16.2. The Labute approximate surface area is 159 Å². The summed E-state index contributed by atoms with van der Waals surface area (Å²) in [4.78, 5) is 28.9. The van der Waals surface area contributed by atoms with E-state index in [0.29, 0.717) is 0 Å². The molecule has 0 unspecified atom stereocenters. The van der Waals surface area contributed by atoms with Crippen LogP contribution in [0.3, 0.4) is 0 Å². The average molecular weight is 424 g/mol. The van der Waals surface area contributed by atoms with Crippen LogP contribution in [0.2, 0.25) is 0 Å². The second kappa shape index (κ2) is 8.31. The lowest BCUT2D eigenvalue weighted by Crippen LogP contribution is -2.33. The minimum Gasteiger partial charge on any atom is -0.485 e. The summed E-state index contributed by atoms with van der Waals surface area (Å²) in [6.45, 7) is 5.02. The summed E-state index contributed by atoms with van der Waals surface area (Å²) in [5.74, 6) is -2.34. The van der Waals surface area contributed by atoms with E-state index >= 15 is 0 Å². The van der Waals surface area contributed by atoms with Crippen molar-refractivity contribution in [2.24, 2.45) is 5.41 Å². The van der Waals surface area contributed by atoms with E-state index in [0.717, 1.165) is 5.56 Å². The Morgan fingerprint density at radius 3 is 2.38 bits per heavy atom. The van der Waals surface area contributed by atoms with Crippen LogP contribution in [-0.2, 0) is 16.2 Å². The Morgan fingerprint density at radius 2 is 1.77 bits per heavy atom. The highest BCUT2D eigenvalue weighted by Crippen LogP contribution is 2.30. The molecule has 0 aromatic heterocycles. The lowest BCUT2D eigenvalue weighted by atomic mass is 9.98. The number of ether oxygens (including phenoxy) is 1. The van der Waals surface area contributed by atoms with Gasteiger partial charge in [0.2, 0.25) is 0 Å². The lowest BCUT2D eigenvalue weighted by molar-refractivity contribution is -0.158. The van der Waals surface area contributed by atoms with Crippen molar-refractivity contribution >= 4 is 27.8 Å². The Kier molecular flexibility index (Phi) is 6.37. The molecular weight excluding hydrogens is 405 g/mol. The maximum Gasteiger partial charge on any atom is 0.337 e. The van der Waals surface area contributed by atoms with Crippen LogP contribution in [0.5, 0.6) is 5.75 Å². The third-order valence-electron chi connectivity index (χ3n) is 3.37. The van der Waals surface area contributed by atoms with E-state index < -0.39 is 23.1 Å². The predicted molar refractivity (Wildman–Crippen MR) is 97.9 cm³/mol. The normalized spacial score (nSPS) is 11.0. The second-order valence-electron chi connectivity index (χ2n) is 6.58. The van der Waals surface area contributed by atoms with Gasteiger partial charge in [-0.05, 0) is 54.4 Å². The van der Waals surface area contributed by atoms with Gasteiger partial charge in [0.25, 0.3) is 5.91 Å². The van der Waals surface area contributed by atoms with E-state index in [2.05, 4.69) is 15.9 Å². The SMILES string of the molecule is CC(C)(C)C(=O)ONC(=O)c1ccc(Br)c(F)c1OCc1ccccc1. The summed E-state index contributed by atoms with van der Waals surface area (Å²) in [6.07, 6.45) is 0. The molecule has 2 aromatic rings. The minimum absolute atomic E-state index is 0.0796. The van der Waals surface area contributed by atoms with Crippen molar-refractivity contribution in [3.8, 4) is 5.75 Å². The second-order valence-corrected chi connectivity index (χ2v) is 7.44. The number of rotatable bonds is 4. The largest absolute Gasteiger partial charge is 0.485 e. The molecule has 0 aliphatic heterocycles. The summed E-state index contributed by atoms with van der Waals surface area (Å²) < 4.78 is 20.1. The minimum atomic E-state index is -0.787. The van der Waals surface area contributed by atoms with Gasteiger partial charge in [-0.2, -0.15) is 5.48 Å². The molecule has 7 heteroatoms. The van der Waals surface area contributed by atoms with Crippen molar-refractivity contribution in [3.05, 3.63) is 63.9 Å². The van der Waals surface area contributed by atoms with Crippen molar-refractivity contribution in [2.45, 2.75) is 27.4 Å². The first kappa shape index (κ1) is 19.9. The van der Waals surface area contributed by atoms with Crippen molar-refractivity contribution < 1.29 is 23.6 Å². The molecule has 0 saturated heterocycles. The summed E-state index contributed by atoms with van der Waals surface area (Å²) in [6, 6.07) is 11.9. The fourth-order valence-electron chi connectivity index (χ4n) is 1.88. The molecule has 26 heavy (non-hydrogen) atoms. The van der Waals surface area contributed by atoms with Gasteiger partial charge in [-0.15, -0.1) is 0 Å². The first-order valence-corrected chi connectivity index (χ1v) is 8.66. The van der Waals surface area contributed by atoms with E-state index in [1.165, 1.54) is 12.1 Å². The van der Waals surface area contributed by atoms with E-state index in [9.17, 15) is 14.0 Å². The molecular formula is C19H19BrFNO4. The summed E-state index contributed by atoms with van der Waals surface area (Å²) in [5, 5.41) is 0. The number of carbonyl (C=O) groups excluding carboxylic acids is 2. The smallest absolute Gasteiger partial charge is 0.337 e. The number of carbonyl (C=O) groups is 2. The summed E-state index contributed by atoms with van der Waals surface area (Å²) >= 11 is 3.07. The van der Waals surface area contributed by atoms with Gasteiger partial charge < -0.3 is 9.57 Å². The molecule has 0 aliphatic carbocycles. The summed E-state index contributed by atoms with van der Waals surface area (Å²) in [7, 11) is 0. The van der Waals surface area contributed by atoms with Crippen LogP contribution in [0, 0.1) is 11.2 Å². The number of hydrogen-bond donors (Lipinski definition) is 1. The van der Waals surface area contributed by atoms with Crippen LogP contribution < -0.4 is 10.2 Å². The predicted octanol–water partition coefficient (Wildman–Crippen LogP) is 4.40. The summed E-state index contributed by atoms with van der Waals surface area (Å²) in [5.41, 5.74) is 1.99. The van der Waals surface area contributed by atoms with Gasteiger partial charge in [0.15, 0.2) is 11.6 Å². The Morgan fingerprint density at radius 1 is 1.12 bits per heavy atom. The van der Waals surface area contributed by atoms with Crippen LogP contribution in [0.1, 0.15) is 36.7 Å². The standard InChI is InChI=1S/C19H19BrFNO4/c1-19(2,3)18(24)26-22-17(23)13-9-10-14(20)15(21)16(13)25-11-12-7-5-4-6-8-12/h4-10H,11H2,1-3H3,(H,22,23). The maximum absolute atomic E-state index is 14.5. The Hall–Kier alpha value is -2.41. The van der Waals surface area contributed by atoms with Crippen molar-refractivity contribution in [2.75, 3.05) is 0 Å². The first-order valence-electron chi connectivity index (χ1n) is 7.86. The van der Waals surface area contributed by atoms with Crippen LogP contribution >= 0.6 is 15.9 Å². The molecule has 2 rings (SSSR count). The Bertz CT molecular complexity index is 803. The van der Waals surface area contributed by atoms with Crippen molar-refractivity contribution in [1.29, 1.82) is 0 Å². The van der Waals surface area contributed by atoms with Gasteiger partial charge in [0.1, 0.15) is 6.61 Å². The van der Waals surface area contributed by atoms with E-state index in [1.54, 1.807) is 20.8 Å². The number of halogens is 2. The number of hydroxylamine groups is 1. The zero-order chi connectivity index (χ0) is 19.3. The molecule has 0 saturated carbocycles. The third-order valence-corrected chi connectivity index (χ3v) is 3.98. The van der Waals surface area contributed by atoms with Gasteiger partial charge in [0.05, 0.1) is 15.5 Å². The zero-order valence-electron chi connectivity index (χ0n) is 14.6. The van der Waals surface area contributed by atoms with Crippen molar-refractivity contribution in [1.82, 2.24) is 5.48 Å². The van der Waals surface area contributed by atoms with Gasteiger partial charge in [-0.1, -0.05) is 30.3 Å². The molecule has 0 fully saturated rings. The Balaban J connectivity index is 2.18. The molecule has 1 amide bonds. The molecule has 0 atom stereocenters. The fourth-order valence-corrected chi connectivity index (χ4v) is 2.19. The van der Waals surface area contributed by atoms with Crippen LogP contribution in [0.4, 0.5) is 4.39 Å². The van der Waals surface area contributed by atoms with Gasteiger partial charge >= 0.3 is 5.97 Å². The van der Waals surface area contributed by atoms with Gasteiger partial charge in [-0.25, -0.2) is 9.18 Å². The molecule has 0 radical (unpaired) electrons. The quantitative estimate of drug-likeness (QED) is 0.739. The monoisotopic (exact) mass is 423 g/mol. The molecule has 5 nitrogen and oxygen atoms in total. The van der Waals surface area contributed by atoms with E-state index in [4.69, 9.17) is 9.57 Å². The molecule has 138 valence electrons. The number of nitrogens with one attached hydrogen (secondary N) is 1. The van der Waals surface area contributed by atoms with Crippen molar-refractivity contribution in [3.63, 3.8) is 0 Å². The molecule has 1 N–H and O–H groups in total. The highest BCUT2D eigenvalue weighted by atomic mass is 79.9. The van der Waals surface area contributed by atoms with Gasteiger partial charge in [-0.3, -0.25) is 4.79 Å². The molecule has 0 bridgehead atoms. The highest BCUT2D eigenvalue weighted by Gasteiger charge is 2.26. The highest BCUT2D eigenvalue weighted by molar-refractivity contribution is 9.10. The first-order chi connectivity index (χ1) is 12.2. The number of hydrogen-bond acceptors (Lipinski definition) is 4. The van der Waals surface area contributed by atoms with E-state index in [-0.39, 0.29) is 22.4 Å². The fraction of sp³-hybridized carbons (Fsp3) is 0.263. The molecule has 2 aromatic carbocycles. The number of benzene rings is 2. The third kappa shape index (κ3) is 5.05. The lowest BCUT2D eigenvalue weighted by Gasteiger charge is -2.17. The van der Waals surface area contributed by atoms with Crippen LogP contribution in [-0.4, -0.2) is 11.9 Å². The van der Waals surface area contributed by atoms with Gasteiger partial charge in [0, 0.05) is 0 Å². The maximum atomic E-state index is 14.5. The number of amides is 1. The topological polar surface area (TPSA) is 64.6 Å².